The highest BCUT2D eigenvalue weighted by Crippen LogP contribution is 2.38. The summed E-state index contributed by atoms with van der Waals surface area (Å²) in [6, 6.07) is 13.2. The lowest BCUT2D eigenvalue weighted by molar-refractivity contribution is 0.533. The summed E-state index contributed by atoms with van der Waals surface area (Å²) in [4.78, 5) is 4.53. The first-order valence-electron chi connectivity index (χ1n) is 7.84. The van der Waals surface area contributed by atoms with E-state index in [0.29, 0.717) is 11.8 Å². The largest absolute Gasteiger partial charge is 0.260 e. The van der Waals surface area contributed by atoms with Gasteiger partial charge in [-0.25, -0.2) is 0 Å². The van der Waals surface area contributed by atoms with Gasteiger partial charge >= 0.3 is 0 Å². The molecule has 3 rings (SSSR count). The summed E-state index contributed by atoms with van der Waals surface area (Å²) in [6.07, 6.45) is 6.46. The predicted molar refractivity (Wildman–Crippen MR) is 89.3 cm³/mol. The Bertz CT molecular complexity index is 667. The van der Waals surface area contributed by atoms with Crippen LogP contribution in [-0.2, 0) is 6.42 Å². The average Bonchev–Trinajstić information content (AvgIpc) is 2.88. The molecule has 1 heterocycles. The molecule has 1 heteroatoms. The first-order chi connectivity index (χ1) is 10.1. The van der Waals surface area contributed by atoms with Gasteiger partial charge in [0.2, 0.25) is 0 Å². The minimum Gasteiger partial charge on any atom is -0.260 e. The quantitative estimate of drug-likeness (QED) is 0.752. The fourth-order valence-corrected chi connectivity index (χ4v) is 3.26. The molecule has 1 atom stereocenters. The van der Waals surface area contributed by atoms with E-state index in [9.17, 15) is 0 Å². The molecule has 0 bridgehead atoms. The standard InChI is InChI=1S/C20H23N/c1-14(2)10-19(16-7-4-6-15(3)11-16)18-12-17-8-5-9-21-20(17)13-18/h4-9,11-12,14,19H,10,13H2,1-3H3. The Labute approximate surface area is 127 Å². The highest BCUT2D eigenvalue weighted by molar-refractivity contribution is 5.63. The molecule has 108 valence electrons. The fraction of sp³-hybridized carbons (Fsp3) is 0.350. The number of hydrogen-bond donors (Lipinski definition) is 0. The molecule has 1 aliphatic rings. The molecule has 2 aromatic rings. The molecule has 21 heavy (non-hydrogen) atoms. The maximum absolute atomic E-state index is 4.53. The SMILES string of the molecule is Cc1cccc(C(CC(C)C)C2=Cc3cccnc3C2)c1. The van der Waals surface area contributed by atoms with Crippen LogP contribution in [0.15, 0.2) is 48.2 Å². The van der Waals surface area contributed by atoms with Crippen LogP contribution in [0.3, 0.4) is 0 Å². The van der Waals surface area contributed by atoms with E-state index < -0.39 is 0 Å². The number of pyridine rings is 1. The zero-order valence-electron chi connectivity index (χ0n) is 13.1. The van der Waals surface area contributed by atoms with E-state index in [1.165, 1.54) is 34.4 Å². The molecule has 1 unspecified atom stereocenters. The molecular formula is C20H23N. The number of benzene rings is 1. The minimum absolute atomic E-state index is 0.513. The minimum atomic E-state index is 0.513. The smallest absolute Gasteiger partial charge is 0.0516 e. The number of hydrogen-bond acceptors (Lipinski definition) is 1. The van der Waals surface area contributed by atoms with E-state index in [1.54, 1.807) is 0 Å². The maximum atomic E-state index is 4.53. The molecule has 0 saturated heterocycles. The molecule has 0 aliphatic heterocycles. The zero-order valence-corrected chi connectivity index (χ0v) is 13.1. The van der Waals surface area contributed by atoms with Gasteiger partial charge in [0.1, 0.15) is 0 Å². The second-order valence-electron chi connectivity index (χ2n) is 6.53. The van der Waals surface area contributed by atoms with Gasteiger partial charge in [-0.2, -0.15) is 0 Å². The summed E-state index contributed by atoms with van der Waals surface area (Å²) >= 11 is 0. The van der Waals surface area contributed by atoms with Gasteiger partial charge in [0, 0.05) is 18.5 Å². The van der Waals surface area contributed by atoms with Crippen LogP contribution in [0.2, 0.25) is 0 Å². The van der Waals surface area contributed by atoms with Crippen molar-refractivity contribution in [2.75, 3.05) is 0 Å². The predicted octanol–water partition coefficient (Wildman–Crippen LogP) is 5.16. The van der Waals surface area contributed by atoms with Crippen molar-refractivity contribution in [1.29, 1.82) is 0 Å². The van der Waals surface area contributed by atoms with Crippen molar-refractivity contribution in [1.82, 2.24) is 4.98 Å². The summed E-state index contributed by atoms with van der Waals surface area (Å²) in [6.45, 7) is 6.79. The Balaban J connectivity index is 1.95. The molecule has 1 aromatic carbocycles. The number of aromatic nitrogens is 1. The topological polar surface area (TPSA) is 12.9 Å². The lowest BCUT2D eigenvalue weighted by Gasteiger charge is -2.21. The van der Waals surface area contributed by atoms with Gasteiger partial charge in [-0.05, 0) is 36.5 Å². The van der Waals surface area contributed by atoms with Gasteiger partial charge in [0.15, 0.2) is 0 Å². The molecule has 0 radical (unpaired) electrons. The second-order valence-corrected chi connectivity index (χ2v) is 6.53. The Morgan fingerprint density at radius 2 is 2.00 bits per heavy atom. The lowest BCUT2D eigenvalue weighted by atomic mass is 9.83. The summed E-state index contributed by atoms with van der Waals surface area (Å²) < 4.78 is 0. The highest BCUT2D eigenvalue weighted by atomic mass is 14.7. The highest BCUT2D eigenvalue weighted by Gasteiger charge is 2.23. The van der Waals surface area contributed by atoms with Crippen molar-refractivity contribution in [2.24, 2.45) is 5.92 Å². The summed E-state index contributed by atoms with van der Waals surface area (Å²) in [5, 5.41) is 0. The van der Waals surface area contributed by atoms with Crippen LogP contribution in [-0.4, -0.2) is 4.98 Å². The zero-order chi connectivity index (χ0) is 14.8. The van der Waals surface area contributed by atoms with Crippen LogP contribution in [0.1, 0.15) is 48.6 Å². The Kier molecular flexibility index (Phi) is 3.92. The van der Waals surface area contributed by atoms with E-state index >= 15 is 0 Å². The molecule has 1 nitrogen and oxygen atoms in total. The van der Waals surface area contributed by atoms with Gasteiger partial charge in [-0.3, -0.25) is 4.98 Å². The van der Waals surface area contributed by atoms with Gasteiger partial charge in [-0.1, -0.05) is 61.4 Å². The third-order valence-electron chi connectivity index (χ3n) is 4.24. The third kappa shape index (κ3) is 3.07. The second kappa shape index (κ2) is 5.85. The van der Waals surface area contributed by atoms with Crippen LogP contribution in [0, 0.1) is 12.8 Å². The lowest BCUT2D eigenvalue weighted by Crippen LogP contribution is -2.07. The Morgan fingerprint density at radius 1 is 1.14 bits per heavy atom. The van der Waals surface area contributed by atoms with Crippen molar-refractivity contribution in [3.63, 3.8) is 0 Å². The van der Waals surface area contributed by atoms with E-state index in [-0.39, 0.29) is 0 Å². The molecule has 0 saturated carbocycles. The van der Waals surface area contributed by atoms with Crippen molar-refractivity contribution in [2.45, 2.75) is 39.5 Å². The molecular weight excluding hydrogens is 254 g/mol. The van der Waals surface area contributed by atoms with Gasteiger partial charge in [0.25, 0.3) is 0 Å². The van der Waals surface area contributed by atoms with Crippen LogP contribution < -0.4 is 0 Å². The van der Waals surface area contributed by atoms with E-state index in [1.807, 2.05) is 12.3 Å². The Morgan fingerprint density at radius 3 is 2.71 bits per heavy atom. The number of rotatable bonds is 4. The monoisotopic (exact) mass is 277 g/mol. The van der Waals surface area contributed by atoms with E-state index in [4.69, 9.17) is 0 Å². The van der Waals surface area contributed by atoms with Gasteiger partial charge < -0.3 is 0 Å². The molecule has 0 fully saturated rings. The number of aryl methyl sites for hydroxylation is 1. The molecule has 0 spiro atoms. The number of nitrogens with zero attached hydrogens (tertiary/aromatic N) is 1. The number of fused-ring (bicyclic) bond motifs is 1. The van der Waals surface area contributed by atoms with Crippen molar-refractivity contribution >= 4 is 6.08 Å². The third-order valence-corrected chi connectivity index (χ3v) is 4.24. The first kappa shape index (κ1) is 14.1. The molecule has 0 amide bonds. The van der Waals surface area contributed by atoms with Crippen molar-refractivity contribution in [3.05, 3.63) is 70.6 Å². The molecule has 1 aliphatic carbocycles. The summed E-state index contributed by atoms with van der Waals surface area (Å²) in [7, 11) is 0. The van der Waals surface area contributed by atoms with Gasteiger partial charge in [0.05, 0.1) is 5.69 Å². The Hall–Kier alpha value is -1.89. The van der Waals surface area contributed by atoms with E-state index in [2.05, 4.69) is 62.2 Å². The van der Waals surface area contributed by atoms with Gasteiger partial charge in [-0.15, -0.1) is 0 Å². The molecule has 1 aromatic heterocycles. The summed E-state index contributed by atoms with van der Waals surface area (Å²) in [5.74, 6) is 1.20. The van der Waals surface area contributed by atoms with E-state index in [0.717, 1.165) is 6.42 Å². The van der Waals surface area contributed by atoms with Crippen molar-refractivity contribution < 1.29 is 0 Å². The molecule has 0 N–H and O–H groups in total. The van der Waals surface area contributed by atoms with Crippen LogP contribution >= 0.6 is 0 Å². The van der Waals surface area contributed by atoms with Crippen LogP contribution in [0.5, 0.6) is 0 Å². The normalized spacial score (nSPS) is 15.0. The van der Waals surface area contributed by atoms with Crippen LogP contribution in [0.25, 0.3) is 6.08 Å². The summed E-state index contributed by atoms with van der Waals surface area (Å²) in [5.41, 5.74) is 6.84. The van der Waals surface area contributed by atoms with Crippen LogP contribution in [0.4, 0.5) is 0 Å². The first-order valence-corrected chi connectivity index (χ1v) is 7.84. The fourth-order valence-electron chi connectivity index (χ4n) is 3.26. The maximum Gasteiger partial charge on any atom is 0.0516 e. The average molecular weight is 277 g/mol. The number of allylic oxidation sites excluding steroid dienone is 1. The van der Waals surface area contributed by atoms with Crippen molar-refractivity contribution in [3.8, 4) is 0 Å².